The van der Waals surface area contributed by atoms with E-state index in [1.54, 1.807) is 10.4 Å². The van der Waals surface area contributed by atoms with Crippen molar-refractivity contribution in [2.24, 2.45) is 0 Å². The van der Waals surface area contributed by atoms with E-state index in [9.17, 15) is 22.8 Å². The van der Waals surface area contributed by atoms with Crippen LogP contribution in [-0.2, 0) is 16.1 Å². The van der Waals surface area contributed by atoms with Gasteiger partial charge >= 0.3 is 6.36 Å². The number of hydrogen-bond acceptors (Lipinski definition) is 6. The molecule has 1 fully saturated rings. The molecule has 1 aromatic carbocycles. The molecule has 3 rings (SSSR count). The SMILES string of the molecule is CC(C)N1C[C@H](OCc2ccc(OC(F)(F)F)cc2)CN(C(=O)c2cncs2)CC1=O. The molecule has 1 atom stereocenters. The Bertz CT molecular complexity index is 888. The third-order valence-electron chi connectivity index (χ3n) is 4.67. The zero-order valence-corrected chi connectivity index (χ0v) is 17.8. The average molecular weight is 457 g/mol. The van der Waals surface area contributed by atoms with E-state index in [4.69, 9.17) is 4.74 Å². The van der Waals surface area contributed by atoms with Gasteiger partial charge in [-0.25, -0.2) is 0 Å². The van der Waals surface area contributed by atoms with E-state index in [0.29, 0.717) is 17.0 Å². The van der Waals surface area contributed by atoms with Crippen LogP contribution in [-0.4, -0.2) is 64.7 Å². The van der Waals surface area contributed by atoms with E-state index in [1.807, 2.05) is 13.8 Å². The third-order valence-corrected chi connectivity index (χ3v) is 5.43. The Labute approximate surface area is 181 Å². The van der Waals surface area contributed by atoms with Crippen LogP contribution in [0.2, 0.25) is 0 Å². The lowest BCUT2D eigenvalue weighted by Gasteiger charge is -2.27. The Morgan fingerprint density at radius 2 is 1.97 bits per heavy atom. The van der Waals surface area contributed by atoms with E-state index >= 15 is 0 Å². The first kappa shape index (κ1) is 23.0. The molecule has 0 bridgehead atoms. The maximum atomic E-state index is 12.8. The Kier molecular flexibility index (Phi) is 7.16. The molecular formula is C20H22F3N3O4S. The van der Waals surface area contributed by atoms with Gasteiger partial charge in [0.05, 0.1) is 24.4 Å². The molecule has 1 aliphatic heterocycles. The summed E-state index contributed by atoms with van der Waals surface area (Å²) in [6.07, 6.45) is -3.75. The Balaban J connectivity index is 1.68. The summed E-state index contributed by atoms with van der Waals surface area (Å²) in [6, 6.07) is 5.30. The van der Waals surface area contributed by atoms with Gasteiger partial charge in [-0.05, 0) is 31.5 Å². The summed E-state index contributed by atoms with van der Waals surface area (Å²) in [5.74, 6) is -0.778. The molecule has 7 nitrogen and oxygen atoms in total. The number of carbonyl (C=O) groups is 2. The molecule has 0 N–H and O–H groups in total. The molecule has 0 spiro atoms. The summed E-state index contributed by atoms with van der Waals surface area (Å²) in [5.41, 5.74) is 2.19. The van der Waals surface area contributed by atoms with Gasteiger partial charge in [-0.2, -0.15) is 0 Å². The molecule has 168 valence electrons. The maximum Gasteiger partial charge on any atom is 0.573 e. The quantitative estimate of drug-likeness (QED) is 0.666. The first-order valence-corrected chi connectivity index (χ1v) is 10.4. The largest absolute Gasteiger partial charge is 0.573 e. The molecule has 0 radical (unpaired) electrons. The second-order valence-corrected chi connectivity index (χ2v) is 8.20. The fourth-order valence-corrected chi connectivity index (χ4v) is 3.77. The molecule has 0 aliphatic carbocycles. The molecule has 0 saturated carbocycles. The number of rotatable bonds is 6. The molecule has 0 unspecified atom stereocenters. The van der Waals surface area contributed by atoms with Crippen LogP contribution in [0.1, 0.15) is 29.1 Å². The standard InChI is InChI=1S/C20H22F3N3O4S/c1-13(2)26-9-16(8-25(10-18(26)27)19(28)17-7-24-12-31-17)29-11-14-3-5-15(6-4-14)30-20(21,22)23/h3-7,12-13,16H,8-11H2,1-2H3/t16-/m1/s1. The summed E-state index contributed by atoms with van der Waals surface area (Å²) in [7, 11) is 0. The van der Waals surface area contributed by atoms with Crippen LogP contribution < -0.4 is 4.74 Å². The number of amides is 2. The predicted octanol–water partition coefficient (Wildman–Crippen LogP) is 3.32. The lowest BCUT2D eigenvalue weighted by molar-refractivity contribution is -0.274. The van der Waals surface area contributed by atoms with E-state index < -0.39 is 12.5 Å². The molecule has 1 aromatic heterocycles. The van der Waals surface area contributed by atoms with Crippen LogP contribution in [0.4, 0.5) is 13.2 Å². The maximum absolute atomic E-state index is 12.8. The van der Waals surface area contributed by atoms with Crippen LogP contribution in [0, 0.1) is 0 Å². The van der Waals surface area contributed by atoms with Crippen molar-refractivity contribution in [3.63, 3.8) is 0 Å². The number of carbonyl (C=O) groups excluding carboxylic acids is 2. The number of ether oxygens (including phenoxy) is 2. The second-order valence-electron chi connectivity index (χ2n) is 7.32. The highest BCUT2D eigenvalue weighted by Gasteiger charge is 2.33. The van der Waals surface area contributed by atoms with Crippen molar-refractivity contribution in [2.45, 2.75) is 39.0 Å². The summed E-state index contributed by atoms with van der Waals surface area (Å²) in [4.78, 5) is 32.9. The van der Waals surface area contributed by atoms with Gasteiger partial charge in [0.25, 0.3) is 5.91 Å². The summed E-state index contributed by atoms with van der Waals surface area (Å²) < 4.78 is 46.7. The van der Waals surface area contributed by atoms with Gasteiger partial charge in [0.1, 0.15) is 17.2 Å². The molecule has 2 heterocycles. The zero-order chi connectivity index (χ0) is 22.6. The molecule has 11 heteroatoms. The van der Waals surface area contributed by atoms with Crippen molar-refractivity contribution in [3.8, 4) is 5.75 Å². The summed E-state index contributed by atoms with van der Waals surface area (Å²) in [5, 5.41) is 0. The van der Waals surface area contributed by atoms with Gasteiger partial charge in [0.2, 0.25) is 5.91 Å². The molecule has 1 aliphatic rings. The highest BCUT2D eigenvalue weighted by atomic mass is 32.1. The molecule has 2 amide bonds. The minimum absolute atomic E-state index is 0.0573. The normalized spacial score (nSPS) is 17.7. The lowest BCUT2D eigenvalue weighted by Crippen LogP contribution is -2.42. The van der Waals surface area contributed by atoms with Gasteiger partial charge in [-0.15, -0.1) is 24.5 Å². The topological polar surface area (TPSA) is 72.0 Å². The Morgan fingerprint density at radius 1 is 1.26 bits per heavy atom. The number of halogens is 3. The number of nitrogens with zero attached hydrogens (tertiary/aromatic N) is 3. The third kappa shape index (κ3) is 6.41. The van der Waals surface area contributed by atoms with E-state index in [0.717, 1.165) is 0 Å². The van der Waals surface area contributed by atoms with Gasteiger partial charge in [-0.3, -0.25) is 14.6 Å². The smallest absolute Gasteiger partial charge is 0.406 e. The van der Waals surface area contributed by atoms with Crippen LogP contribution in [0.25, 0.3) is 0 Å². The fourth-order valence-electron chi connectivity index (χ4n) is 3.18. The van der Waals surface area contributed by atoms with Crippen molar-refractivity contribution in [1.82, 2.24) is 14.8 Å². The van der Waals surface area contributed by atoms with Crippen LogP contribution in [0.15, 0.2) is 36.0 Å². The van der Waals surface area contributed by atoms with E-state index in [2.05, 4.69) is 9.72 Å². The highest BCUT2D eigenvalue weighted by Crippen LogP contribution is 2.23. The molecule has 31 heavy (non-hydrogen) atoms. The monoisotopic (exact) mass is 457 g/mol. The highest BCUT2D eigenvalue weighted by molar-refractivity contribution is 7.11. The number of alkyl halides is 3. The Hall–Kier alpha value is -2.66. The van der Waals surface area contributed by atoms with Gasteiger partial charge < -0.3 is 19.3 Å². The van der Waals surface area contributed by atoms with Gasteiger partial charge in [-0.1, -0.05) is 12.1 Å². The van der Waals surface area contributed by atoms with Crippen molar-refractivity contribution in [3.05, 3.63) is 46.4 Å². The number of benzene rings is 1. The molecular weight excluding hydrogens is 435 g/mol. The number of thiazole rings is 1. The van der Waals surface area contributed by atoms with Crippen molar-refractivity contribution in [1.29, 1.82) is 0 Å². The first-order valence-electron chi connectivity index (χ1n) is 9.56. The van der Waals surface area contributed by atoms with Crippen molar-refractivity contribution in [2.75, 3.05) is 19.6 Å². The van der Waals surface area contributed by atoms with E-state index in [1.165, 1.54) is 46.7 Å². The van der Waals surface area contributed by atoms with Gasteiger partial charge in [0.15, 0.2) is 0 Å². The summed E-state index contributed by atoms with van der Waals surface area (Å²) in [6.45, 7) is 4.33. The molecule has 2 aromatic rings. The van der Waals surface area contributed by atoms with E-state index in [-0.39, 0.29) is 43.3 Å². The van der Waals surface area contributed by atoms with Crippen molar-refractivity contribution < 1.29 is 32.2 Å². The molecule has 1 saturated heterocycles. The van der Waals surface area contributed by atoms with Gasteiger partial charge in [0, 0.05) is 19.1 Å². The Morgan fingerprint density at radius 3 is 2.55 bits per heavy atom. The van der Waals surface area contributed by atoms with Crippen molar-refractivity contribution >= 4 is 23.2 Å². The minimum atomic E-state index is -4.75. The minimum Gasteiger partial charge on any atom is -0.406 e. The lowest BCUT2D eigenvalue weighted by atomic mass is 10.2. The van der Waals surface area contributed by atoms with Crippen LogP contribution >= 0.6 is 11.3 Å². The second kappa shape index (κ2) is 9.65. The predicted molar refractivity (Wildman–Crippen MR) is 107 cm³/mol. The van der Waals surface area contributed by atoms with Crippen LogP contribution in [0.3, 0.4) is 0 Å². The first-order chi connectivity index (χ1) is 14.6. The number of aromatic nitrogens is 1. The number of hydrogen-bond donors (Lipinski definition) is 0. The zero-order valence-electron chi connectivity index (χ0n) is 17.0. The summed E-state index contributed by atoms with van der Waals surface area (Å²) >= 11 is 1.20. The van der Waals surface area contributed by atoms with Crippen LogP contribution in [0.5, 0.6) is 5.75 Å². The fraction of sp³-hybridized carbons (Fsp3) is 0.450. The average Bonchev–Trinajstić information content (AvgIpc) is 3.17.